The summed E-state index contributed by atoms with van der Waals surface area (Å²) in [6, 6.07) is 7.65. The van der Waals surface area contributed by atoms with E-state index in [0.29, 0.717) is 13.0 Å². The Kier molecular flexibility index (Phi) is 4.39. The van der Waals surface area contributed by atoms with E-state index in [4.69, 9.17) is 0 Å². The number of fused-ring (bicyclic) bond motifs is 3. The third-order valence-corrected chi connectivity index (χ3v) is 5.47. The largest absolute Gasteiger partial charge is 0.494 e. The number of rotatable bonds is 4. The molecule has 3 aromatic rings. The highest BCUT2D eigenvalue weighted by Crippen LogP contribution is 2.39. The first kappa shape index (κ1) is 17.6. The normalized spacial score (nSPS) is 17.3. The van der Waals surface area contributed by atoms with Gasteiger partial charge >= 0.3 is 5.69 Å². The fraction of sp³-hybridized carbons (Fsp3) is 0.400. The van der Waals surface area contributed by atoms with E-state index in [-0.39, 0.29) is 11.4 Å². The van der Waals surface area contributed by atoms with Gasteiger partial charge in [-0.2, -0.15) is 0 Å². The molecule has 1 aromatic carbocycles. The van der Waals surface area contributed by atoms with Gasteiger partial charge in [0.1, 0.15) is 5.56 Å². The Labute approximate surface area is 156 Å². The van der Waals surface area contributed by atoms with Gasteiger partial charge in [-0.15, -0.1) is 0 Å². The van der Waals surface area contributed by atoms with Crippen molar-refractivity contribution in [1.29, 1.82) is 0 Å². The maximum Gasteiger partial charge on any atom is 0.331 e. The minimum Gasteiger partial charge on any atom is -0.494 e. The maximum atomic E-state index is 12.7. The topological polar surface area (TPSA) is 94.1 Å². The van der Waals surface area contributed by atoms with Gasteiger partial charge in [-0.1, -0.05) is 32.0 Å². The zero-order valence-electron chi connectivity index (χ0n) is 15.6. The molecule has 0 unspecified atom stereocenters. The number of aromatic hydroxyl groups is 1. The van der Waals surface area contributed by atoms with Crippen LogP contribution in [0, 0.1) is 0 Å². The lowest BCUT2D eigenvalue weighted by Gasteiger charge is -2.35. The van der Waals surface area contributed by atoms with E-state index in [9.17, 15) is 14.7 Å². The molecule has 3 heterocycles. The van der Waals surface area contributed by atoms with E-state index in [1.807, 2.05) is 32.0 Å². The minimum atomic E-state index is -0.571. The average molecular weight is 368 g/mol. The zero-order valence-corrected chi connectivity index (χ0v) is 15.6. The van der Waals surface area contributed by atoms with Crippen molar-refractivity contribution in [2.24, 2.45) is 0 Å². The van der Waals surface area contributed by atoms with Gasteiger partial charge in [0.25, 0.3) is 5.56 Å². The monoisotopic (exact) mass is 368 g/mol. The van der Waals surface area contributed by atoms with E-state index in [2.05, 4.69) is 20.9 Å². The summed E-state index contributed by atoms with van der Waals surface area (Å²) < 4.78 is 1.25. The van der Waals surface area contributed by atoms with Crippen molar-refractivity contribution in [3.63, 3.8) is 0 Å². The quantitative estimate of drug-likeness (QED) is 0.657. The number of benzene rings is 1. The van der Waals surface area contributed by atoms with E-state index in [0.717, 1.165) is 36.1 Å². The molecule has 0 aliphatic carbocycles. The Hall–Kier alpha value is -2.80. The first-order chi connectivity index (χ1) is 13.1. The zero-order chi connectivity index (χ0) is 19.1. The standard InChI is InChI=1S/C20H24N4O3/c1-3-10-24-19(26)15(18(25)22-20(24)27)17-16-13(9-11-23(17)4-2)12-7-5-6-8-14(12)21-16/h5-8,17,21,26H,3-4,9-11H2,1-2H3,(H,22,25,27)/t17-/m0/s1. The van der Waals surface area contributed by atoms with E-state index in [1.165, 1.54) is 10.1 Å². The van der Waals surface area contributed by atoms with Crippen molar-refractivity contribution in [2.45, 2.75) is 39.3 Å². The molecule has 2 aromatic heterocycles. The third kappa shape index (κ3) is 2.70. The molecule has 1 aliphatic heterocycles. The number of nitrogens with one attached hydrogen (secondary N) is 2. The fourth-order valence-corrected chi connectivity index (χ4v) is 4.21. The first-order valence-electron chi connectivity index (χ1n) is 9.46. The summed E-state index contributed by atoms with van der Waals surface area (Å²) in [6.45, 7) is 5.82. The molecule has 0 spiro atoms. The van der Waals surface area contributed by atoms with Gasteiger partial charge in [0, 0.05) is 29.7 Å². The Bertz CT molecular complexity index is 1110. The van der Waals surface area contributed by atoms with Crippen LogP contribution in [0.25, 0.3) is 10.9 Å². The molecule has 7 heteroatoms. The Morgan fingerprint density at radius 1 is 1.19 bits per heavy atom. The van der Waals surface area contributed by atoms with Crippen LogP contribution in [-0.2, 0) is 13.0 Å². The molecule has 0 amide bonds. The van der Waals surface area contributed by atoms with Gasteiger partial charge < -0.3 is 10.1 Å². The van der Waals surface area contributed by atoms with Crippen LogP contribution in [0.3, 0.4) is 0 Å². The molecule has 0 saturated heterocycles. The fourth-order valence-electron chi connectivity index (χ4n) is 4.21. The Balaban J connectivity index is 1.99. The number of para-hydroxylation sites is 1. The van der Waals surface area contributed by atoms with Crippen LogP contribution in [0.4, 0.5) is 0 Å². The number of nitrogens with zero attached hydrogens (tertiary/aromatic N) is 2. The molecule has 0 radical (unpaired) electrons. The lowest BCUT2D eigenvalue weighted by atomic mass is 9.93. The van der Waals surface area contributed by atoms with Gasteiger partial charge in [0.05, 0.1) is 6.04 Å². The number of H-pyrrole nitrogens is 2. The molecule has 142 valence electrons. The predicted octanol–water partition coefficient (Wildman–Crippen LogP) is 2.10. The number of aromatic nitrogens is 3. The van der Waals surface area contributed by atoms with Crippen LogP contribution in [-0.4, -0.2) is 37.6 Å². The molecule has 7 nitrogen and oxygen atoms in total. The number of aromatic amines is 2. The molecule has 27 heavy (non-hydrogen) atoms. The molecule has 1 atom stereocenters. The van der Waals surface area contributed by atoms with Crippen molar-refractivity contribution >= 4 is 10.9 Å². The van der Waals surface area contributed by atoms with Crippen molar-refractivity contribution in [1.82, 2.24) is 19.4 Å². The van der Waals surface area contributed by atoms with E-state index >= 15 is 0 Å². The molecule has 0 fully saturated rings. The van der Waals surface area contributed by atoms with Crippen LogP contribution in [0.15, 0.2) is 33.9 Å². The van der Waals surface area contributed by atoms with Gasteiger partial charge in [-0.05, 0) is 31.0 Å². The Morgan fingerprint density at radius 3 is 2.70 bits per heavy atom. The van der Waals surface area contributed by atoms with Gasteiger partial charge in [0.2, 0.25) is 5.88 Å². The van der Waals surface area contributed by atoms with Crippen LogP contribution in [0.2, 0.25) is 0 Å². The van der Waals surface area contributed by atoms with Crippen molar-refractivity contribution in [3.8, 4) is 5.88 Å². The summed E-state index contributed by atoms with van der Waals surface area (Å²) in [5, 5.41) is 12.0. The second-order valence-corrected chi connectivity index (χ2v) is 6.99. The van der Waals surface area contributed by atoms with Crippen LogP contribution < -0.4 is 11.2 Å². The lowest BCUT2D eigenvalue weighted by Crippen LogP contribution is -2.41. The van der Waals surface area contributed by atoms with Crippen molar-refractivity contribution < 1.29 is 5.11 Å². The minimum absolute atomic E-state index is 0.234. The van der Waals surface area contributed by atoms with E-state index < -0.39 is 17.3 Å². The second-order valence-electron chi connectivity index (χ2n) is 6.99. The predicted molar refractivity (Wildman–Crippen MR) is 104 cm³/mol. The lowest BCUT2D eigenvalue weighted by molar-refractivity contribution is 0.214. The molecule has 0 bridgehead atoms. The van der Waals surface area contributed by atoms with Crippen LogP contribution in [0.1, 0.15) is 43.1 Å². The highest BCUT2D eigenvalue weighted by Gasteiger charge is 2.35. The van der Waals surface area contributed by atoms with Gasteiger partial charge in [0.15, 0.2) is 0 Å². The van der Waals surface area contributed by atoms with Crippen LogP contribution >= 0.6 is 0 Å². The summed E-state index contributed by atoms with van der Waals surface area (Å²) in [4.78, 5) is 32.9. The maximum absolute atomic E-state index is 12.7. The molecular formula is C20H24N4O3. The average Bonchev–Trinajstić information content (AvgIpc) is 3.04. The summed E-state index contributed by atoms with van der Waals surface area (Å²) in [7, 11) is 0. The number of hydrogen-bond donors (Lipinski definition) is 3. The number of hydrogen-bond acceptors (Lipinski definition) is 4. The second kappa shape index (κ2) is 6.74. The summed E-state index contributed by atoms with van der Waals surface area (Å²) in [5.41, 5.74) is 2.25. The summed E-state index contributed by atoms with van der Waals surface area (Å²) in [5.74, 6) is -0.236. The molecule has 1 aliphatic rings. The highest BCUT2D eigenvalue weighted by molar-refractivity contribution is 5.85. The van der Waals surface area contributed by atoms with Crippen LogP contribution in [0.5, 0.6) is 5.88 Å². The highest BCUT2D eigenvalue weighted by atomic mass is 16.3. The van der Waals surface area contributed by atoms with Gasteiger partial charge in [-0.3, -0.25) is 19.2 Å². The molecular weight excluding hydrogens is 344 g/mol. The smallest absolute Gasteiger partial charge is 0.331 e. The third-order valence-electron chi connectivity index (χ3n) is 5.47. The Morgan fingerprint density at radius 2 is 1.96 bits per heavy atom. The molecule has 4 rings (SSSR count). The molecule has 3 N–H and O–H groups in total. The molecule has 0 saturated carbocycles. The van der Waals surface area contributed by atoms with Crippen molar-refractivity contribution in [3.05, 3.63) is 61.9 Å². The SMILES string of the molecule is CCCn1c(O)c([C@H]2c3[nH]c4ccccc4c3CCN2CC)c(=O)[nH]c1=O. The first-order valence-corrected chi connectivity index (χ1v) is 9.46. The summed E-state index contributed by atoms with van der Waals surface area (Å²) in [6.07, 6.45) is 1.55. The van der Waals surface area contributed by atoms with E-state index in [1.54, 1.807) is 0 Å². The number of likely N-dealkylation sites (N-methyl/N-ethyl adjacent to an activating group) is 1. The van der Waals surface area contributed by atoms with Crippen molar-refractivity contribution in [2.75, 3.05) is 13.1 Å². The van der Waals surface area contributed by atoms with Gasteiger partial charge in [-0.25, -0.2) is 4.79 Å². The summed E-state index contributed by atoms with van der Waals surface area (Å²) >= 11 is 0.